The van der Waals surface area contributed by atoms with Crippen LogP contribution in [0.5, 0.6) is 0 Å². The Bertz CT molecular complexity index is 7370. The highest BCUT2D eigenvalue weighted by molar-refractivity contribution is 6.12. The summed E-state index contributed by atoms with van der Waals surface area (Å²) >= 11 is 0. The Kier molecular flexibility index (Phi) is 18.3. The zero-order chi connectivity index (χ0) is 82.5. The summed E-state index contributed by atoms with van der Waals surface area (Å²) in [6, 6.07) is 141. The second-order valence-electron chi connectivity index (χ2n) is 31.8. The van der Waals surface area contributed by atoms with Crippen molar-refractivity contribution in [3.05, 3.63) is 481 Å². The SMILES string of the molecule is CC1(C)c2ccccc2-c2ccc(N(c3ccc(-c4ccc(F)cc4)cc3)c3ccc(-c4ccc5c(c4)c4ccccc4n5-c4ccccc4)cc3)cc21.Fc1c(F)c(F)c(-c2ccc(N(c3ccc(-c4ccc5c(c4)c4ccccc4n5-c4ccccc4)cc3)c3ccc4c(c3)C(c3ccccc3)(c3ccccc3)c3ccccc3-4)cc2)c(F)c1F. The van der Waals surface area contributed by atoms with Crippen molar-refractivity contribution in [2.75, 3.05) is 9.80 Å². The van der Waals surface area contributed by atoms with Gasteiger partial charge in [-0.25, -0.2) is 26.3 Å². The Morgan fingerprint density at radius 1 is 0.221 bits per heavy atom. The van der Waals surface area contributed by atoms with Gasteiger partial charge in [-0.15, -0.1) is 0 Å². The van der Waals surface area contributed by atoms with Crippen LogP contribution in [0.25, 0.3) is 122 Å². The number of hydrogen-bond donors (Lipinski definition) is 0. The number of benzene rings is 18. The minimum atomic E-state index is -2.20. The van der Waals surface area contributed by atoms with Gasteiger partial charge in [0.15, 0.2) is 23.3 Å². The third-order valence-electron chi connectivity index (χ3n) is 24.7. The van der Waals surface area contributed by atoms with E-state index in [4.69, 9.17) is 0 Å². The van der Waals surface area contributed by atoms with Gasteiger partial charge in [-0.2, -0.15) is 0 Å². The van der Waals surface area contributed by atoms with Crippen LogP contribution in [-0.4, -0.2) is 9.13 Å². The van der Waals surface area contributed by atoms with Gasteiger partial charge in [0, 0.05) is 72.5 Å². The summed E-state index contributed by atoms with van der Waals surface area (Å²) in [5, 5.41) is 4.75. The van der Waals surface area contributed by atoms with Gasteiger partial charge in [-0.05, 0) is 240 Å². The van der Waals surface area contributed by atoms with E-state index in [1.807, 2.05) is 59.5 Å². The second-order valence-corrected chi connectivity index (χ2v) is 31.8. The summed E-state index contributed by atoms with van der Waals surface area (Å²) in [4.78, 5) is 4.39. The third kappa shape index (κ3) is 12.3. The van der Waals surface area contributed by atoms with Crippen molar-refractivity contribution in [1.29, 1.82) is 0 Å². The van der Waals surface area contributed by atoms with Crippen molar-refractivity contribution >= 4 is 77.7 Å². The maximum Gasteiger partial charge on any atom is 0.200 e. The fourth-order valence-electron chi connectivity index (χ4n) is 19.0. The second kappa shape index (κ2) is 30.0. The number of nitrogens with zero attached hydrogens (tertiary/aromatic N) is 4. The lowest BCUT2D eigenvalue weighted by molar-refractivity contribution is 0.381. The Hall–Kier alpha value is -15.3. The Labute approximate surface area is 702 Å². The van der Waals surface area contributed by atoms with Gasteiger partial charge in [0.25, 0.3) is 0 Å². The van der Waals surface area contributed by atoms with E-state index < -0.39 is 40.1 Å². The van der Waals surface area contributed by atoms with Gasteiger partial charge in [-0.3, -0.25) is 0 Å². The maximum atomic E-state index is 15.2. The quantitative estimate of drug-likeness (QED) is 0.0613. The van der Waals surface area contributed by atoms with Gasteiger partial charge in [0.05, 0.1) is 33.0 Å². The number of fused-ring (bicyclic) bond motifs is 12. The third-order valence-corrected chi connectivity index (χ3v) is 24.7. The molecule has 0 unspecified atom stereocenters. The summed E-state index contributed by atoms with van der Waals surface area (Å²) in [7, 11) is 0. The summed E-state index contributed by atoms with van der Waals surface area (Å²) < 4.78 is 91.7. The molecule has 0 saturated carbocycles. The number of halogens is 6. The number of aromatic nitrogens is 2. The standard InChI is InChI=1S/C61H37F5N2.C51H37FN2/c62-56-55(57(63)59(65)60(66)58(56)64)39-26-31-45(32-27-39)67(44-29-24-38(25-30-44)40-28-35-54-50(36-40)49-21-11-13-23-53(49)68(54)43-18-8-3-9-19-43)46-33-34-48-47-20-10-12-22-51(47)61(52(48)37-46,41-14-4-1-5-15-41)42-16-6-2-7-17-42;1-51(2)47-14-8-6-12-43(47)44-30-29-42(33-48(44)51)53(40-25-18-35(19-26-40)34-16-23-38(52)24-17-34)41-27-20-36(21-28-41)37-22-31-50-46(32-37)45-13-7-9-15-49(45)54(50)39-10-4-3-5-11-39/h1-37H;3-33H,1-2H3. The van der Waals surface area contributed by atoms with E-state index in [9.17, 15) is 17.6 Å². The van der Waals surface area contributed by atoms with Crippen LogP contribution in [-0.2, 0) is 10.8 Å². The zero-order valence-electron chi connectivity index (χ0n) is 66.3. The van der Waals surface area contributed by atoms with Crippen LogP contribution in [0, 0.1) is 34.9 Å². The van der Waals surface area contributed by atoms with Crippen molar-refractivity contribution < 1.29 is 26.3 Å². The number of rotatable bonds is 14. The van der Waals surface area contributed by atoms with E-state index in [1.54, 1.807) is 12.1 Å². The fourth-order valence-corrected chi connectivity index (χ4v) is 19.0. The number of hydrogen-bond acceptors (Lipinski definition) is 2. The van der Waals surface area contributed by atoms with Crippen molar-refractivity contribution in [1.82, 2.24) is 9.13 Å². The molecule has 0 N–H and O–H groups in total. The Morgan fingerprint density at radius 3 is 0.984 bits per heavy atom. The molecule has 4 nitrogen and oxygen atoms in total. The highest BCUT2D eigenvalue weighted by Crippen LogP contribution is 2.58. The monoisotopic (exact) mass is 1590 g/mol. The van der Waals surface area contributed by atoms with Crippen molar-refractivity contribution in [3.63, 3.8) is 0 Å². The molecule has 0 radical (unpaired) electrons. The molecule has 2 aromatic heterocycles. The van der Waals surface area contributed by atoms with Gasteiger partial charge in [-0.1, -0.05) is 281 Å². The first-order valence-electron chi connectivity index (χ1n) is 40.8. The summed E-state index contributed by atoms with van der Waals surface area (Å²) in [6.07, 6.45) is 0. The van der Waals surface area contributed by atoms with E-state index in [0.29, 0.717) is 5.69 Å². The average Bonchev–Trinajstić information content (AvgIpc) is 1.53. The first kappa shape index (κ1) is 74.3. The first-order chi connectivity index (χ1) is 59.8. The predicted molar refractivity (Wildman–Crippen MR) is 487 cm³/mol. The van der Waals surface area contributed by atoms with Crippen LogP contribution < -0.4 is 9.80 Å². The average molecular weight is 1590 g/mol. The minimum Gasteiger partial charge on any atom is -0.310 e. The zero-order valence-corrected chi connectivity index (χ0v) is 66.3. The molecule has 584 valence electrons. The molecule has 22 rings (SSSR count). The maximum absolute atomic E-state index is 15.2. The summed E-state index contributed by atoms with van der Waals surface area (Å²) in [5.41, 5.74) is 28.6. The van der Waals surface area contributed by atoms with Crippen LogP contribution in [0.1, 0.15) is 47.2 Å². The minimum absolute atomic E-state index is 0.119. The highest BCUT2D eigenvalue weighted by Gasteiger charge is 2.47. The Balaban J connectivity index is 0.000000154. The van der Waals surface area contributed by atoms with Gasteiger partial charge in [0.2, 0.25) is 5.82 Å². The molecule has 18 aromatic carbocycles. The number of anilines is 6. The van der Waals surface area contributed by atoms with E-state index in [1.165, 1.54) is 73.9 Å². The van der Waals surface area contributed by atoms with Crippen molar-refractivity contribution in [2.45, 2.75) is 24.7 Å². The van der Waals surface area contributed by atoms with Gasteiger partial charge >= 0.3 is 0 Å². The molecule has 0 fully saturated rings. The largest absolute Gasteiger partial charge is 0.310 e. The van der Waals surface area contributed by atoms with E-state index in [0.717, 1.165) is 123 Å². The lowest BCUT2D eigenvalue weighted by Crippen LogP contribution is -2.28. The molecule has 0 amide bonds. The lowest BCUT2D eigenvalue weighted by atomic mass is 9.67. The topological polar surface area (TPSA) is 16.3 Å². The number of para-hydroxylation sites is 4. The molecule has 10 heteroatoms. The van der Waals surface area contributed by atoms with E-state index >= 15 is 8.78 Å². The molecule has 0 spiro atoms. The van der Waals surface area contributed by atoms with Gasteiger partial charge < -0.3 is 18.9 Å². The molecule has 2 heterocycles. The van der Waals surface area contributed by atoms with Crippen LogP contribution in [0.2, 0.25) is 0 Å². The molecular weight excluding hydrogens is 1520 g/mol. The van der Waals surface area contributed by atoms with E-state index in [2.05, 4.69) is 349 Å². The fraction of sp³-hybridized carbons (Fsp3) is 0.0357. The first-order valence-corrected chi connectivity index (χ1v) is 40.8. The molecular formula is C112H74F6N4. The summed E-state index contributed by atoms with van der Waals surface area (Å²) in [6.45, 7) is 4.65. The highest BCUT2D eigenvalue weighted by atomic mass is 19.2. The molecule has 20 aromatic rings. The Morgan fingerprint density at radius 2 is 0.533 bits per heavy atom. The molecule has 0 saturated heterocycles. The molecule has 0 atom stereocenters. The van der Waals surface area contributed by atoms with Crippen LogP contribution in [0.15, 0.2) is 413 Å². The van der Waals surface area contributed by atoms with Crippen LogP contribution >= 0.6 is 0 Å². The van der Waals surface area contributed by atoms with E-state index in [-0.39, 0.29) is 16.8 Å². The lowest BCUT2D eigenvalue weighted by Gasteiger charge is -2.35. The van der Waals surface area contributed by atoms with Gasteiger partial charge in [0.1, 0.15) is 5.82 Å². The van der Waals surface area contributed by atoms with Crippen molar-refractivity contribution in [2.24, 2.45) is 0 Å². The molecule has 0 aliphatic heterocycles. The molecule has 2 aliphatic rings. The molecule has 122 heavy (non-hydrogen) atoms. The van der Waals surface area contributed by atoms with Crippen LogP contribution in [0.3, 0.4) is 0 Å². The molecule has 2 aliphatic carbocycles. The normalized spacial score (nSPS) is 12.7. The summed E-state index contributed by atoms with van der Waals surface area (Å²) in [5.74, 6) is -10.2. The predicted octanol–water partition coefficient (Wildman–Crippen LogP) is 30.7. The molecule has 0 bridgehead atoms. The van der Waals surface area contributed by atoms with Crippen molar-refractivity contribution in [3.8, 4) is 78.1 Å². The van der Waals surface area contributed by atoms with Crippen LogP contribution in [0.4, 0.5) is 60.5 Å². The smallest absolute Gasteiger partial charge is 0.200 e.